The molecule has 1 heterocycles. The maximum Gasteiger partial charge on any atom is 0.0539 e. The second-order valence-electron chi connectivity index (χ2n) is 4.36. The Morgan fingerprint density at radius 2 is 2.22 bits per heavy atom. The first-order valence-electron chi connectivity index (χ1n) is 5.77. The van der Waals surface area contributed by atoms with Crippen LogP contribution in [-0.4, -0.2) is 16.8 Å². The van der Waals surface area contributed by atoms with E-state index in [-0.39, 0.29) is 0 Å². The second kappa shape index (κ2) is 5.54. The van der Waals surface area contributed by atoms with Crippen LogP contribution in [0.15, 0.2) is 35.1 Å². The fourth-order valence-electron chi connectivity index (χ4n) is 2.00. The molecule has 0 spiro atoms. The van der Waals surface area contributed by atoms with Gasteiger partial charge in [-0.3, -0.25) is 4.68 Å². The number of benzene rings is 1. The molecular weight excluding hydrogens is 292 g/mol. The Kier molecular flexibility index (Phi) is 4.04. The number of anilines is 1. The molecule has 0 radical (unpaired) electrons. The minimum atomic E-state index is 0.534. The van der Waals surface area contributed by atoms with E-state index < -0.39 is 0 Å². The van der Waals surface area contributed by atoms with Crippen LogP contribution in [0.25, 0.3) is 0 Å². The summed E-state index contributed by atoms with van der Waals surface area (Å²) < 4.78 is 2.87. The molecule has 0 aliphatic rings. The van der Waals surface area contributed by atoms with Crippen LogP contribution in [0.4, 0.5) is 5.69 Å². The van der Waals surface area contributed by atoms with Gasteiger partial charge in [0, 0.05) is 49.1 Å². The highest BCUT2D eigenvalue weighted by Crippen LogP contribution is 2.24. The summed E-state index contributed by atoms with van der Waals surface area (Å²) in [6, 6.07) is 6.19. The molecule has 2 aromatic rings. The Labute approximate surface area is 116 Å². The zero-order valence-electron chi connectivity index (χ0n) is 10.6. The molecular formula is C13H17BrN4. The van der Waals surface area contributed by atoms with E-state index in [2.05, 4.69) is 45.1 Å². The van der Waals surface area contributed by atoms with Gasteiger partial charge in [0.1, 0.15) is 0 Å². The van der Waals surface area contributed by atoms with Crippen LogP contribution in [0.1, 0.15) is 11.1 Å². The van der Waals surface area contributed by atoms with Crippen molar-refractivity contribution in [1.29, 1.82) is 0 Å². The van der Waals surface area contributed by atoms with E-state index in [1.54, 1.807) is 0 Å². The highest BCUT2D eigenvalue weighted by Gasteiger charge is 2.08. The molecule has 0 amide bonds. The van der Waals surface area contributed by atoms with E-state index in [1.807, 2.05) is 30.2 Å². The van der Waals surface area contributed by atoms with Crippen LogP contribution in [-0.2, 0) is 20.1 Å². The summed E-state index contributed by atoms with van der Waals surface area (Å²) in [4.78, 5) is 2.19. The van der Waals surface area contributed by atoms with Gasteiger partial charge in [-0.1, -0.05) is 15.9 Å². The first-order valence-corrected chi connectivity index (χ1v) is 6.56. The van der Waals surface area contributed by atoms with E-state index in [0.29, 0.717) is 6.54 Å². The SMILES string of the molecule is CN(Cc1cnn(C)c1)c1ccc(Br)cc1CN. The van der Waals surface area contributed by atoms with Gasteiger partial charge in [0.05, 0.1) is 6.20 Å². The lowest BCUT2D eigenvalue weighted by atomic mass is 10.1. The van der Waals surface area contributed by atoms with E-state index in [0.717, 1.165) is 22.3 Å². The summed E-state index contributed by atoms with van der Waals surface area (Å²) in [5.41, 5.74) is 9.27. The van der Waals surface area contributed by atoms with Gasteiger partial charge in [0.2, 0.25) is 0 Å². The molecule has 0 saturated carbocycles. The van der Waals surface area contributed by atoms with E-state index in [4.69, 9.17) is 5.73 Å². The summed E-state index contributed by atoms with van der Waals surface area (Å²) >= 11 is 3.47. The molecule has 2 rings (SSSR count). The Balaban J connectivity index is 2.20. The maximum absolute atomic E-state index is 5.79. The lowest BCUT2D eigenvalue weighted by Gasteiger charge is -2.21. The van der Waals surface area contributed by atoms with Gasteiger partial charge in [-0.15, -0.1) is 0 Å². The van der Waals surface area contributed by atoms with Crippen molar-refractivity contribution in [2.75, 3.05) is 11.9 Å². The quantitative estimate of drug-likeness (QED) is 0.942. The van der Waals surface area contributed by atoms with Gasteiger partial charge in [0.25, 0.3) is 0 Å². The summed E-state index contributed by atoms with van der Waals surface area (Å²) in [6.07, 6.45) is 3.91. The lowest BCUT2D eigenvalue weighted by molar-refractivity contribution is 0.766. The molecule has 0 saturated heterocycles. The summed E-state index contributed by atoms with van der Waals surface area (Å²) in [7, 11) is 3.99. The molecule has 0 unspecified atom stereocenters. The fraction of sp³-hybridized carbons (Fsp3) is 0.308. The normalized spacial score (nSPS) is 10.7. The molecule has 18 heavy (non-hydrogen) atoms. The molecule has 0 aliphatic heterocycles. The van der Waals surface area contributed by atoms with Crippen LogP contribution in [0.5, 0.6) is 0 Å². The largest absolute Gasteiger partial charge is 0.370 e. The van der Waals surface area contributed by atoms with Crippen LogP contribution < -0.4 is 10.6 Å². The van der Waals surface area contributed by atoms with Crippen LogP contribution in [0, 0.1) is 0 Å². The minimum Gasteiger partial charge on any atom is -0.370 e. The molecule has 2 N–H and O–H groups in total. The van der Waals surface area contributed by atoms with Gasteiger partial charge in [-0.05, 0) is 23.8 Å². The average Bonchev–Trinajstić information content (AvgIpc) is 2.74. The molecule has 0 atom stereocenters. The number of nitrogens with zero attached hydrogens (tertiary/aromatic N) is 3. The van der Waals surface area contributed by atoms with Gasteiger partial charge >= 0.3 is 0 Å². The molecule has 5 heteroatoms. The Morgan fingerprint density at radius 3 is 2.83 bits per heavy atom. The maximum atomic E-state index is 5.79. The van der Waals surface area contributed by atoms with Crippen molar-refractivity contribution in [3.63, 3.8) is 0 Å². The van der Waals surface area contributed by atoms with Crippen LogP contribution >= 0.6 is 15.9 Å². The second-order valence-corrected chi connectivity index (χ2v) is 5.27. The van der Waals surface area contributed by atoms with Crippen molar-refractivity contribution in [3.8, 4) is 0 Å². The van der Waals surface area contributed by atoms with Gasteiger partial charge in [-0.25, -0.2) is 0 Å². The molecule has 1 aromatic carbocycles. The predicted octanol–water partition coefficient (Wildman–Crippen LogP) is 2.28. The van der Waals surface area contributed by atoms with Crippen molar-refractivity contribution in [2.24, 2.45) is 12.8 Å². The smallest absolute Gasteiger partial charge is 0.0539 e. The third-order valence-electron chi connectivity index (χ3n) is 2.85. The average molecular weight is 309 g/mol. The van der Waals surface area contributed by atoms with Crippen molar-refractivity contribution >= 4 is 21.6 Å². The third-order valence-corrected chi connectivity index (χ3v) is 3.34. The highest BCUT2D eigenvalue weighted by molar-refractivity contribution is 9.10. The molecule has 96 valence electrons. The number of aryl methyl sites for hydroxylation is 1. The highest BCUT2D eigenvalue weighted by atomic mass is 79.9. The molecule has 1 aromatic heterocycles. The van der Waals surface area contributed by atoms with Crippen LogP contribution in [0.3, 0.4) is 0 Å². The van der Waals surface area contributed by atoms with E-state index in [9.17, 15) is 0 Å². The zero-order valence-corrected chi connectivity index (χ0v) is 12.2. The first-order chi connectivity index (χ1) is 8.60. The first kappa shape index (κ1) is 13.1. The Morgan fingerprint density at radius 1 is 1.44 bits per heavy atom. The Bertz CT molecular complexity index is 536. The third kappa shape index (κ3) is 2.91. The minimum absolute atomic E-state index is 0.534. The van der Waals surface area contributed by atoms with Crippen LogP contribution in [0.2, 0.25) is 0 Å². The fourth-order valence-corrected chi connectivity index (χ4v) is 2.41. The monoisotopic (exact) mass is 308 g/mol. The summed E-state index contributed by atoms with van der Waals surface area (Å²) in [5, 5.41) is 4.18. The van der Waals surface area contributed by atoms with E-state index in [1.165, 1.54) is 5.56 Å². The molecule has 0 bridgehead atoms. The van der Waals surface area contributed by atoms with Crippen molar-refractivity contribution < 1.29 is 0 Å². The standard InChI is InChI=1S/C13H17BrN4/c1-17(8-10-7-16-18(2)9-10)13-4-3-12(14)5-11(13)6-15/h3-5,7,9H,6,8,15H2,1-2H3. The van der Waals surface area contributed by atoms with Crippen molar-refractivity contribution in [3.05, 3.63) is 46.2 Å². The van der Waals surface area contributed by atoms with Gasteiger partial charge in [0.15, 0.2) is 0 Å². The Hall–Kier alpha value is -1.33. The van der Waals surface area contributed by atoms with Crippen molar-refractivity contribution in [2.45, 2.75) is 13.1 Å². The summed E-state index contributed by atoms with van der Waals surface area (Å²) in [6.45, 7) is 1.36. The van der Waals surface area contributed by atoms with Gasteiger partial charge < -0.3 is 10.6 Å². The number of rotatable bonds is 4. The molecule has 0 fully saturated rings. The van der Waals surface area contributed by atoms with Gasteiger partial charge in [-0.2, -0.15) is 5.10 Å². The summed E-state index contributed by atoms with van der Waals surface area (Å²) in [5.74, 6) is 0. The number of hydrogen-bond acceptors (Lipinski definition) is 3. The topological polar surface area (TPSA) is 47.1 Å². The molecule has 4 nitrogen and oxygen atoms in total. The number of hydrogen-bond donors (Lipinski definition) is 1. The molecule has 0 aliphatic carbocycles. The number of halogens is 1. The van der Waals surface area contributed by atoms with E-state index >= 15 is 0 Å². The number of nitrogens with two attached hydrogens (primary N) is 1. The number of aromatic nitrogens is 2. The predicted molar refractivity (Wildman–Crippen MR) is 77.3 cm³/mol. The van der Waals surface area contributed by atoms with Crippen molar-refractivity contribution in [1.82, 2.24) is 9.78 Å². The lowest BCUT2D eigenvalue weighted by Crippen LogP contribution is -2.18. The zero-order chi connectivity index (χ0) is 13.1.